The van der Waals surface area contributed by atoms with Gasteiger partial charge in [0.05, 0.1) is 5.56 Å². The lowest BCUT2D eigenvalue weighted by atomic mass is 10.2. The Morgan fingerprint density at radius 3 is 2.94 bits per heavy atom. The molecular formula is C11H12Br2N2O. The molecule has 5 heteroatoms. The first-order chi connectivity index (χ1) is 7.66. The highest BCUT2D eigenvalue weighted by Crippen LogP contribution is 2.21. The van der Waals surface area contributed by atoms with Crippen LogP contribution >= 0.6 is 31.9 Å². The lowest BCUT2D eigenvalue weighted by Crippen LogP contribution is -2.36. The molecule has 0 spiro atoms. The topological polar surface area (TPSA) is 41.1 Å². The van der Waals surface area contributed by atoms with Crippen molar-refractivity contribution in [1.82, 2.24) is 10.6 Å². The summed E-state index contributed by atoms with van der Waals surface area (Å²) >= 11 is 6.75. The van der Waals surface area contributed by atoms with E-state index in [-0.39, 0.29) is 11.9 Å². The van der Waals surface area contributed by atoms with E-state index in [0.29, 0.717) is 5.56 Å². The van der Waals surface area contributed by atoms with Crippen molar-refractivity contribution in [3.05, 3.63) is 32.7 Å². The lowest BCUT2D eigenvalue weighted by Gasteiger charge is -2.12. The fourth-order valence-electron chi connectivity index (χ4n) is 1.71. The average Bonchev–Trinajstić information content (AvgIpc) is 2.74. The van der Waals surface area contributed by atoms with Crippen LogP contribution in [0.25, 0.3) is 0 Å². The van der Waals surface area contributed by atoms with Gasteiger partial charge in [0.1, 0.15) is 0 Å². The maximum absolute atomic E-state index is 12.0. The maximum atomic E-state index is 12.0. The van der Waals surface area contributed by atoms with Gasteiger partial charge in [0.2, 0.25) is 0 Å². The summed E-state index contributed by atoms with van der Waals surface area (Å²) in [4.78, 5) is 12.0. The Morgan fingerprint density at radius 1 is 1.44 bits per heavy atom. The first-order valence-corrected chi connectivity index (χ1v) is 6.72. The normalized spacial score (nSPS) is 19.8. The molecule has 1 fully saturated rings. The van der Waals surface area contributed by atoms with Gasteiger partial charge >= 0.3 is 0 Å². The number of nitrogens with one attached hydrogen (secondary N) is 2. The molecule has 1 aliphatic rings. The highest BCUT2D eigenvalue weighted by atomic mass is 79.9. The molecule has 1 amide bonds. The van der Waals surface area contributed by atoms with Gasteiger partial charge in [-0.3, -0.25) is 4.79 Å². The fraction of sp³-hybridized carbons (Fsp3) is 0.364. The summed E-state index contributed by atoms with van der Waals surface area (Å²) in [6.07, 6.45) is 0.997. The minimum Gasteiger partial charge on any atom is -0.348 e. The molecule has 3 nitrogen and oxygen atoms in total. The van der Waals surface area contributed by atoms with Crippen LogP contribution in [0.15, 0.2) is 27.1 Å². The Hall–Kier alpha value is -0.390. The summed E-state index contributed by atoms with van der Waals surface area (Å²) in [5.74, 6) is -0.0260. The molecule has 0 aromatic heterocycles. The highest BCUT2D eigenvalue weighted by Gasteiger charge is 2.18. The molecule has 1 saturated heterocycles. The molecule has 1 aromatic rings. The predicted octanol–water partition coefficient (Wildman–Crippen LogP) is 2.30. The molecular weight excluding hydrogens is 336 g/mol. The van der Waals surface area contributed by atoms with E-state index in [1.54, 1.807) is 0 Å². The second kappa shape index (κ2) is 5.29. The second-order valence-corrected chi connectivity index (χ2v) is 5.56. The smallest absolute Gasteiger partial charge is 0.252 e. The predicted molar refractivity (Wildman–Crippen MR) is 70.6 cm³/mol. The van der Waals surface area contributed by atoms with E-state index in [1.165, 1.54) is 0 Å². The van der Waals surface area contributed by atoms with E-state index >= 15 is 0 Å². The summed E-state index contributed by atoms with van der Waals surface area (Å²) in [7, 11) is 0. The molecule has 0 radical (unpaired) electrons. The minimum atomic E-state index is -0.0260. The third kappa shape index (κ3) is 2.84. The van der Waals surface area contributed by atoms with Gasteiger partial charge in [-0.1, -0.05) is 15.9 Å². The Labute approximate surface area is 111 Å². The van der Waals surface area contributed by atoms with Crippen LogP contribution in [0.4, 0.5) is 0 Å². The van der Waals surface area contributed by atoms with Crippen LogP contribution in [0.1, 0.15) is 16.8 Å². The summed E-state index contributed by atoms with van der Waals surface area (Å²) < 4.78 is 1.73. The number of rotatable bonds is 2. The van der Waals surface area contributed by atoms with Gasteiger partial charge in [-0.15, -0.1) is 0 Å². The number of carbonyl (C=O) groups is 1. The maximum Gasteiger partial charge on any atom is 0.252 e. The zero-order chi connectivity index (χ0) is 11.5. The van der Waals surface area contributed by atoms with Crippen molar-refractivity contribution in [3.63, 3.8) is 0 Å². The van der Waals surface area contributed by atoms with Crippen molar-refractivity contribution in [3.8, 4) is 0 Å². The van der Waals surface area contributed by atoms with Crippen LogP contribution in [0.5, 0.6) is 0 Å². The molecule has 1 aromatic carbocycles. The summed E-state index contributed by atoms with van der Waals surface area (Å²) in [6, 6.07) is 5.84. The number of benzene rings is 1. The van der Waals surface area contributed by atoms with Gasteiger partial charge in [-0.2, -0.15) is 0 Å². The third-order valence-corrected chi connectivity index (χ3v) is 3.75. The van der Waals surface area contributed by atoms with E-state index in [2.05, 4.69) is 42.5 Å². The number of carbonyl (C=O) groups excluding carboxylic acids is 1. The molecule has 0 unspecified atom stereocenters. The van der Waals surface area contributed by atoms with Gasteiger partial charge in [-0.05, 0) is 47.1 Å². The van der Waals surface area contributed by atoms with Crippen LogP contribution < -0.4 is 10.6 Å². The molecule has 86 valence electrons. The Bertz CT molecular complexity index is 403. The molecule has 16 heavy (non-hydrogen) atoms. The zero-order valence-electron chi connectivity index (χ0n) is 8.59. The van der Waals surface area contributed by atoms with Crippen LogP contribution in [0, 0.1) is 0 Å². The molecule has 2 rings (SSSR count). The molecule has 0 aliphatic carbocycles. The average molecular weight is 348 g/mol. The first-order valence-electron chi connectivity index (χ1n) is 5.13. The lowest BCUT2D eigenvalue weighted by molar-refractivity contribution is 0.0939. The molecule has 0 bridgehead atoms. The number of amides is 1. The molecule has 0 saturated carbocycles. The van der Waals surface area contributed by atoms with Gasteiger partial charge in [0, 0.05) is 21.5 Å². The summed E-state index contributed by atoms with van der Waals surface area (Å²) in [5, 5.41) is 6.23. The Balaban J connectivity index is 2.10. The van der Waals surface area contributed by atoms with Crippen molar-refractivity contribution in [2.75, 3.05) is 13.1 Å². The van der Waals surface area contributed by atoms with E-state index < -0.39 is 0 Å². The summed E-state index contributed by atoms with van der Waals surface area (Å²) in [5.41, 5.74) is 0.668. The van der Waals surface area contributed by atoms with Crippen LogP contribution in [0.3, 0.4) is 0 Å². The van der Waals surface area contributed by atoms with Crippen LogP contribution in [0.2, 0.25) is 0 Å². The molecule has 1 atom stereocenters. The standard InChI is InChI=1S/C11H12Br2N2O/c12-7-1-2-10(13)9(5-7)11(16)15-8-3-4-14-6-8/h1-2,5,8,14H,3-4,6H2,(H,15,16)/t8-/m0/s1. The molecule has 1 heterocycles. The van der Waals surface area contributed by atoms with Crippen molar-refractivity contribution in [1.29, 1.82) is 0 Å². The molecule has 1 aliphatic heterocycles. The van der Waals surface area contributed by atoms with Crippen molar-refractivity contribution in [2.45, 2.75) is 12.5 Å². The summed E-state index contributed by atoms with van der Waals surface area (Å²) in [6.45, 7) is 1.84. The largest absolute Gasteiger partial charge is 0.348 e. The second-order valence-electron chi connectivity index (χ2n) is 3.79. The van der Waals surface area contributed by atoms with Crippen LogP contribution in [-0.4, -0.2) is 25.0 Å². The fourth-order valence-corrected chi connectivity index (χ4v) is 2.50. The minimum absolute atomic E-state index is 0.0260. The first kappa shape index (κ1) is 12.1. The Morgan fingerprint density at radius 2 is 2.25 bits per heavy atom. The van der Waals surface area contributed by atoms with E-state index in [4.69, 9.17) is 0 Å². The third-order valence-electron chi connectivity index (χ3n) is 2.57. The highest BCUT2D eigenvalue weighted by molar-refractivity contribution is 9.11. The monoisotopic (exact) mass is 346 g/mol. The van der Waals surface area contributed by atoms with Crippen molar-refractivity contribution < 1.29 is 4.79 Å². The molecule has 2 N–H and O–H groups in total. The SMILES string of the molecule is O=C(N[C@H]1CCNC1)c1cc(Br)ccc1Br. The van der Waals surface area contributed by atoms with E-state index in [9.17, 15) is 4.79 Å². The number of hydrogen-bond acceptors (Lipinski definition) is 2. The van der Waals surface area contributed by atoms with Gasteiger partial charge < -0.3 is 10.6 Å². The van der Waals surface area contributed by atoms with Gasteiger partial charge in [0.25, 0.3) is 5.91 Å². The Kier molecular flexibility index (Phi) is 4.00. The van der Waals surface area contributed by atoms with Crippen molar-refractivity contribution in [2.24, 2.45) is 0 Å². The van der Waals surface area contributed by atoms with Crippen molar-refractivity contribution >= 4 is 37.8 Å². The van der Waals surface area contributed by atoms with E-state index in [0.717, 1.165) is 28.5 Å². The quantitative estimate of drug-likeness (QED) is 0.861. The number of hydrogen-bond donors (Lipinski definition) is 2. The van der Waals surface area contributed by atoms with Crippen LogP contribution in [-0.2, 0) is 0 Å². The zero-order valence-corrected chi connectivity index (χ0v) is 11.8. The van der Waals surface area contributed by atoms with Gasteiger partial charge in [0.15, 0.2) is 0 Å². The van der Waals surface area contributed by atoms with E-state index in [1.807, 2.05) is 18.2 Å². The van der Waals surface area contributed by atoms with Gasteiger partial charge in [-0.25, -0.2) is 0 Å². The number of halogens is 2.